The molecule has 0 spiro atoms. The molecule has 1 heteroatoms. The standard InChI is InChI=1S/C14H19Br/c1-10-5-11(2)7-13(6-10)8-12-3-4-14(15)9-12/h5-7,12,14H,3-4,8-9H2,1-2H3. The lowest BCUT2D eigenvalue weighted by Crippen LogP contribution is -2.01. The Morgan fingerprint density at radius 1 is 1.13 bits per heavy atom. The van der Waals surface area contributed by atoms with Gasteiger partial charge in [0, 0.05) is 4.83 Å². The van der Waals surface area contributed by atoms with Crippen LogP contribution >= 0.6 is 15.9 Å². The Hall–Kier alpha value is -0.300. The topological polar surface area (TPSA) is 0 Å². The first-order chi connectivity index (χ1) is 7.13. The second-order valence-corrected chi connectivity index (χ2v) is 6.27. The summed E-state index contributed by atoms with van der Waals surface area (Å²) >= 11 is 3.72. The van der Waals surface area contributed by atoms with Crippen LogP contribution in [0.2, 0.25) is 0 Å². The van der Waals surface area contributed by atoms with E-state index in [0.717, 1.165) is 10.7 Å². The zero-order valence-corrected chi connectivity index (χ0v) is 11.2. The molecule has 2 atom stereocenters. The summed E-state index contributed by atoms with van der Waals surface area (Å²) in [6.07, 6.45) is 5.37. The molecule has 2 unspecified atom stereocenters. The van der Waals surface area contributed by atoms with Crippen LogP contribution < -0.4 is 0 Å². The van der Waals surface area contributed by atoms with Gasteiger partial charge in [-0.25, -0.2) is 0 Å². The number of benzene rings is 1. The fourth-order valence-corrected chi connectivity index (χ4v) is 3.51. The van der Waals surface area contributed by atoms with E-state index in [1.165, 1.54) is 42.4 Å². The summed E-state index contributed by atoms with van der Waals surface area (Å²) in [6.45, 7) is 4.39. The van der Waals surface area contributed by atoms with Crippen molar-refractivity contribution >= 4 is 15.9 Å². The Kier molecular flexibility index (Phi) is 3.50. The van der Waals surface area contributed by atoms with Gasteiger partial charge < -0.3 is 0 Å². The summed E-state index contributed by atoms with van der Waals surface area (Å²) in [7, 11) is 0. The second kappa shape index (κ2) is 4.69. The molecule has 82 valence electrons. The van der Waals surface area contributed by atoms with Gasteiger partial charge in [-0.3, -0.25) is 0 Å². The van der Waals surface area contributed by atoms with Crippen molar-refractivity contribution in [2.45, 2.75) is 44.4 Å². The third-order valence-corrected chi connectivity index (χ3v) is 4.11. The molecule has 0 radical (unpaired) electrons. The number of aryl methyl sites for hydroxylation is 2. The highest BCUT2D eigenvalue weighted by molar-refractivity contribution is 9.09. The molecule has 1 aromatic carbocycles. The van der Waals surface area contributed by atoms with Gasteiger partial charge >= 0.3 is 0 Å². The molecule has 0 aliphatic heterocycles. The monoisotopic (exact) mass is 266 g/mol. The Morgan fingerprint density at radius 3 is 2.33 bits per heavy atom. The number of hydrogen-bond acceptors (Lipinski definition) is 0. The van der Waals surface area contributed by atoms with Crippen molar-refractivity contribution in [2.24, 2.45) is 5.92 Å². The number of rotatable bonds is 2. The molecule has 2 rings (SSSR count). The van der Waals surface area contributed by atoms with Crippen molar-refractivity contribution < 1.29 is 0 Å². The summed E-state index contributed by atoms with van der Waals surface area (Å²) in [5.41, 5.74) is 4.33. The zero-order valence-electron chi connectivity index (χ0n) is 9.59. The maximum atomic E-state index is 3.72. The van der Waals surface area contributed by atoms with Crippen molar-refractivity contribution in [1.29, 1.82) is 0 Å². The van der Waals surface area contributed by atoms with Crippen LogP contribution in [0, 0.1) is 19.8 Å². The van der Waals surface area contributed by atoms with Crippen molar-refractivity contribution in [3.8, 4) is 0 Å². The van der Waals surface area contributed by atoms with Gasteiger partial charge in [0.05, 0.1) is 0 Å². The third kappa shape index (κ3) is 3.07. The highest BCUT2D eigenvalue weighted by atomic mass is 79.9. The van der Waals surface area contributed by atoms with Crippen LogP contribution in [0.1, 0.15) is 36.0 Å². The quantitative estimate of drug-likeness (QED) is 0.696. The van der Waals surface area contributed by atoms with Crippen molar-refractivity contribution in [1.82, 2.24) is 0 Å². The lowest BCUT2D eigenvalue weighted by molar-refractivity contribution is 0.548. The smallest absolute Gasteiger partial charge is 0.0148 e. The highest BCUT2D eigenvalue weighted by Gasteiger charge is 2.22. The number of hydrogen-bond donors (Lipinski definition) is 0. The van der Waals surface area contributed by atoms with E-state index in [1.54, 1.807) is 0 Å². The van der Waals surface area contributed by atoms with Gasteiger partial charge in [-0.05, 0) is 51.0 Å². The van der Waals surface area contributed by atoms with Gasteiger partial charge in [-0.2, -0.15) is 0 Å². The van der Waals surface area contributed by atoms with Crippen LogP contribution in [0.15, 0.2) is 18.2 Å². The average Bonchev–Trinajstić information content (AvgIpc) is 2.49. The van der Waals surface area contributed by atoms with Crippen LogP contribution in [-0.4, -0.2) is 4.83 Å². The van der Waals surface area contributed by atoms with Gasteiger partial charge in [0.1, 0.15) is 0 Å². The maximum absolute atomic E-state index is 3.72. The predicted molar refractivity (Wildman–Crippen MR) is 69.7 cm³/mol. The van der Waals surface area contributed by atoms with Gasteiger partial charge in [0.25, 0.3) is 0 Å². The van der Waals surface area contributed by atoms with Gasteiger partial charge in [-0.15, -0.1) is 0 Å². The molecule has 0 aromatic heterocycles. The minimum absolute atomic E-state index is 0.772. The fraction of sp³-hybridized carbons (Fsp3) is 0.571. The van der Waals surface area contributed by atoms with Crippen LogP contribution in [0.3, 0.4) is 0 Å². The van der Waals surface area contributed by atoms with Crippen LogP contribution in [-0.2, 0) is 6.42 Å². The van der Waals surface area contributed by atoms with Crippen molar-refractivity contribution in [3.63, 3.8) is 0 Å². The minimum atomic E-state index is 0.772. The van der Waals surface area contributed by atoms with Crippen molar-refractivity contribution in [3.05, 3.63) is 34.9 Å². The largest absolute Gasteiger partial charge is 0.0891 e. The molecule has 15 heavy (non-hydrogen) atoms. The zero-order chi connectivity index (χ0) is 10.8. The van der Waals surface area contributed by atoms with E-state index in [-0.39, 0.29) is 0 Å². The molecule has 1 aliphatic rings. The average molecular weight is 267 g/mol. The first kappa shape index (κ1) is 11.2. The molecule has 1 aliphatic carbocycles. The summed E-state index contributed by atoms with van der Waals surface area (Å²) < 4.78 is 0. The van der Waals surface area contributed by atoms with E-state index in [9.17, 15) is 0 Å². The molecule has 1 aromatic rings. The normalized spacial score (nSPS) is 25.8. The molecular weight excluding hydrogens is 248 g/mol. The lowest BCUT2D eigenvalue weighted by atomic mass is 9.96. The van der Waals surface area contributed by atoms with Gasteiger partial charge in [-0.1, -0.05) is 45.3 Å². The molecule has 0 saturated heterocycles. The Balaban J connectivity index is 2.04. The Morgan fingerprint density at radius 2 is 1.80 bits per heavy atom. The van der Waals surface area contributed by atoms with E-state index in [4.69, 9.17) is 0 Å². The van der Waals surface area contributed by atoms with E-state index in [1.807, 2.05) is 0 Å². The first-order valence-corrected chi connectivity index (χ1v) is 6.76. The van der Waals surface area contributed by atoms with Gasteiger partial charge in [0.2, 0.25) is 0 Å². The fourth-order valence-electron chi connectivity index (χ4n) is 2.72. The molecule has 0 N–H and O–H groups in total. The lowest BCUT2D eigenvalue weighted by Gasteiger charge is -2.10. The van der Waals surface area contributed by atoms with Crippen LogP contribution in [0.5, 0.6) is 0 Å². The summed E-state index contributed by atoms with van der Waals surface area (Å²) in [5.74, 6) is 0.899. The molecule has 1 saturated carbocycles. The Bertz CT molecular complexity index is 323. The maximum Gasteiger partial charge on any atom is 0.0148 e. The minimum Gasteiger partial charge on any atom is -0.0891 e. The third-order valence-electron chi connectivity index (χ3n) is 3.28. The van der Waals surface area contributed by atoms with E-state index in [2.05, 4.69) is 48.0 Å². The Labute approximate surface area is 101 Å². The van der Waals surface area contributed by atoms with E-state index >= 15 is 0 Å². The van der Waals surface area contributed by atoms with Crippen LogP contribution in [0.4, 0.5) is 0 Å². The van der Waals surface area contributed by atoms with Gasteiger partial charge in [0.15, 0.2) is 0 Å². The molecule has 0 amide bonds. The van der Waals surface area contributed by atoms with E-state index in [0.29, 0.717) is 0 Å². The van der Waals surface area contributed by atoms with E-state index < -0.39 is 0 Å². The summed E-state index contributed by atoms with van der Waals surface area (Å²) in [5, 5.41) is 0. The summed E-state index contributed by atoms with van der Waals surface area (Å²) in [4.78, 5) is 0.772. The number of alkyl halides is 1. The van der Waals surface area contributed by atoms with Crippen molar-refractivity contribution in [2.75, 3.05) is 0 Å². The molecule has 1 fully saturated rings. The SMILES string of the molecule is Cc1cc(C)cc(CC2CCC(Br)C2)c1. The molecule has 0 heterocycles. The molecular formula is C14H19Br. The van der Waals surface area contributed by atoms with Crippen LogP contribution in [0.25, 0.3) is 0 Å². The first-order valence-electron chi connectivity index (χ1n) is 5.85. The molecule has 0 nitrogen and oxygen atoms in total. The molecule has 0 bridgehead atoms. The highest BCUT2D eigenvalue weighted by Crippen LogP contribution is 2.33. The summed E-state index contributed by atoms with van der Waals surface area (Å²) in [6, 6.07) is 6.94. The predicted octanol–water partition coefficient (Wildman–Crippen LogP) is 4.41. The second-order valence-electron chi connectivity index (χ2n) is 4.98. The number of halogens is 1.